The number of nitrogens with one attached hydrogen (secondary N) is 1. The van der Waals surface area contributed by atoms with Crippen LogP contribution in [0.3, 0.4) is 0 Å². The number of rotatable bonds is 4. The van der Waals surface area contributed by atoms with Gasteiger partial charge >= 0.3 is 0 Å². The maximum Gasteiger partial charge on any atom is 0.224 e. The fourth-order valence-corrected chi connectivity index (χ4v) is 3.17. The number of amides is 1. The zero-order valence-electron chi connectivity index (χ0n) is 12.1. The first-order chi connectivity index (χ1) is 10.2. The standard InChI is InChI=1S/C18H21NO2/c20-16-9-8-13(10-16)12-19-18(21)11-15-6-3-5-14-4-1-2-7-17(14)15/h1-7,13,16,20H,8-12H2,(H,19,21). The summed E-state index contributed by atoms with van der Waals surface area (Å²) in [6.45, 7) is 0.681. The summed E-state index contributed by atoms with van der Waals surface area (Å²) in [6, 6.07) is 14.2. The van der Waals surface area contributed by atoms with Crippen LogP contribution in [0.25, 0.3) is 10.8 Å². The minimum absolute atomic E-state index is 0.0627. The number of hydrogen-bond donors (Lipinski definition) is 2. The molecule has 2 aromatic carbocycles. The van der Waals surface area contributed by atoms with Gasteiger partial charge in [-0.05, 0) is 41.5 Å². The predicted octanol–water partition coefficient (Wildman–Crippen LogP) is 2.66. The van der Waals surface area contributed by atoms with Gasteiger partial charge in [0.25, 0.3) is 0 Å². The van der Waals surface area contributed by atoms with Crippen LogP contribution >= 0.6 is 0 Å². The summed E-state index contributed by atoms with van der Waals surface area (Å²) in [5.74, 6) is 0.490. The Bertz CT molecular complexity index is 633. The molecule has 1 aliphatic rings. The topological polar surface area (TPSA) is 49.3 Å². The molecule has 0 spiro atoms. The van der Waals surface area contributed by atoms with Crippen LogP contribution in [0.2, 0.25) is 0 Å². The molecule has 3 nitrogen and oxygen atoms in total. The molecule has 0 heterocycles. The quantitative estimate of drug-likeness (QED) is 0.906. The molecule has 3 rings (SSSR count). The smallest absolute Gasteiger partial charge is 0.224 e. The van der Waals surface area contributed by atoms with Gasteiger partial charge in [-0.3, -0.25) is 4.79 Å². The van der Waals surface area contributed by atoms with E-state index in [-0.39, 0.29) is 12.0 Å². The van der Waals surface area contributed by atoms with Crippen LogP contribution in [0.5, 0.6) is 0 Å². The van der Waals surface area contributed by atoms with E-state index in [1.165, 1.54) is 5.39 Å². The van der Waals surface area contributed by atoms with Crippen LogP contribution in [-0.4, -0.2) is 23.7 Å². The van der Waals surface area contributed by atoms with Crippen molar-refractivity contribution in [2.75, 3.05) is 6.54 Å². The van der Waals surface area contributed by atoms with Crippen LogP contribution in [0.15, 0.2) is 42.5 Å². The number of carbonyl (C=O) groups is 1. The fraction of sp³-hybridized carbons (Fsp3) is 0.389. The van der Waals surface area contributed by atoms with Gasteiger partial charge < -0.3 is 10.4 Å². The van der Waals surface area contributed by atoms with Crippen molar-refractivity contribution in [3.63, 3.8) is 0 Å². The molecule has 21 heavy (non-hydrogen) atoms. The molecule has 2 unspecified atom stereocenters. The van der Waals surface area contributed by atoms with Crippen molar-refractivity contribution in [3.05, 3.63) is 48.0 Å². The molecule has 0 radical (unpaired) electrons. The van der Waals surface area contributed by atoms with E-state index in [0.717, 1.165) is 30.2 Å². The molecule has 0 saturated heterocycles. The third-order valence-corrected chi connectivity index (χ3v) is 4.33. The first-order valence-electron chi connectivity index (χ1n) is 7.64. The second-order valence-electron chi connectivity index (χ2n) is 5.95. The SMILES string of the molecule is O=C(Cc1cccc2ccccc12)NCC1CCC(O)C1. The first-order valence-corrected chi connectivity index (χ1v) is 7.64. The van der Waals surface area contributed by atoms with Gasteiger partial charge in [-0.25, -0.2) is 0 Å². The lowest BCUT2D eigenvalue weighted by Gasteiger charge is -2.11. The van der Waals surface area contributed by atoms with Gasteiger partial charge in [0.15, 0.2) is 0 Å². The highest BCUT2D eigenvalue weighted by molar-refractivity contribution is 5.90. The van der Waals surface area contributed by atoms with E-state index in [2.05, 4.69) is 23.5 Å². The Kier molecular flexibility index (Phi) is 4.20. The van der Waals surface area contributed by atoms with E-state index in [0.29, 0.717) is 18.9 Å². The van der Waals surface area contributed by atoms with Crippen molar-refractivity contribution in [2.45, 2.75) is 31.8 Å². The number of hydrogen-bond acceptors (Lipinski definition) is 2. The van der Waals surface area contributed by atoms with Crippen molar-refractivity contribution < 1.29 is 9.90 Å². The lowest BCUT2D eigenvalue weighted by Crippen LogP contribution is -2.30. The molecule has 1 amide bonds. The second kappa shape index (κ2) is 6.27. The Morgan fingerprint density at radius 1 is 1.14 bits per heavy atom. The Hall–Kier alpha value is -1.87. The number of fused-ring (bicyclic) bond motifs is 1. The highest BCUT2D eigenvalue weighted by Gasteiger charge is 2.22. The minimum atomic E-state index is -0.176. The average Bonchev–Trinajstić information content (AvgIpc) is 2.91. The van der Waals surface area contributed by atoms with E-state index in [1.807, 2.05) is 24.3 Å². The van der Waals surface area contributed by atoms with Gasteiger partial charge in [-0.1, -0.05) is 42.5 Å². The third kappa shape index (κ3) is 3.42. The maximum atomic E-state index is 12.1. The molecule has 0 aliphatic heterocycles. The van der Waals surface area contributed by atoms with Gasteiger partial charge in [0.2, 0.25) is 5.91 Å². The fourth-order valence-electron chi connectivity index (χ4n) is 3.17. The van der Waals surface area contributed by atoms with E-state index in [4.69, 9.17) is 0 Å². The normalized spacial score (nSPS) is 21.6. The molecule has 2 atom stereocenters. The van der Waals surface area contributed by atoms with Crippen LogP contribution in [0.4, 0.5) is 0 Å². The molecule has 2 N–H and O–H groups in total. The van der Waals surface area contributed by atoms with Crippen LogP contribution < -0.4 is 5.32 Å². The van der Waals surface area contributed by atoms with E-state index in [1.54, 1.807) is 0 Å². The maximum absolute atomic E-state index is 12.1. The second-order valence-corrected chi connectivity index (χ2v) is 5.95. The Balaban J connectivity index is 1.61. The van der Waals surface area contributed by atoms with Gasteiger partial charge in [0.05, 0.1) is 12.5 Å². The number of aliphatic hydroxyl groups is 1. The largest absolute Gasteiger partial charge is 0.393 e. The number of benzene rings is 2. The summed E-state index contributed by atoms with van der Waals surface area (Å²) in [5, 5.41) is 14.8. The molecule has 1 saturated carbocycles. The minimum Gasteiger partial charge on any atom is -0.393 e. The summed E-state index contributed by atoms with van der Waals surface area (Å²) < 4.78 is 0. The summed E-state index contributed by atoms with van der Waals surface area (Å²) in [4.78, 5) is 12.1. The summed E-state index contributed by atoms with van der Waals surface area (Å²) >= 11 is 0. The van der Waals surface area contributed by atoms with Crippen molar-refractivity contribution >= 4 is 16.7 Å². The highest BCUT2D eigenvalue weighted by atomic mass is 16.3. The predicted molar refractivity (Wildman–Crippen MR) is 84.0 cm³/mol. The number of carbonyl (C=O) groups excluding carboxylic acids is 1. The molecule has 0 bridgehead atoms. The summed E-state index contributed by atoms with van der Waals surface area (Å²) in [7, 11) is 0. The molecule has 1 fully saturated rings. The molecule has 1 aliphatic carbocycles. The monoisotopic (exact) mass is 283 g/mol. The van der Waals surface area contributed by atoms with Crippen LogP contribution in [0, 0.1) is 5.92 Å². The van der Waals surface area contributed by atoms with Crippen molar-refractivity contribution in [1.82, 2.24) is 5.32 Å². The van der Waals surface area contributed by atoms with Gasteiger partial charge in [-0.15, -0.1) is 0 Å². The molecule has 2 aromatic rings. The lowest BCUT2D eigenvalue weighted by atomic mass is 10.0. The molecular formula is C18H21NO2. The molecule has 0 aromatic heterocycles. The lowest BCUT2D eigenvalue weighted by molar-refractivity contribution is -0.120. The van der Waals surface area contributed by atoms with Crippen LogP contribution in [0.1, 0.15) is 24.8 Å². The van der Waals surface area contributed by atoms with Gasteiger partial charge in [0.1, 0.15) is 0 Å². The van der Waals surface area contributed by atoms with Gasteiger partial charge in [0, 0.05) is 6.54 Å². The summed E-state index contributed by atoms with van der Waals surface area (Å²) in [6.07, 6.45) is 2.93. The Morgan fingerprint density at radius 3 is 2.76 bits per heavy atom. The van der Waals surface area contributed by atoms with Crippen molar-refractivity contribution in [3.8, 4) is 0 Å². The van der Waals surface area contributed by atoms with Crippen molar-refractivity contribution in [1.29, 1.82) is 0 Å². The average molecular weight is 283 g/mol. The molecule has 3 heteroatoms. The zero-order valence-corrected chi connectivity index (χ0v) is 12.1. The zero-order chi connectivity index (χ0) is 14.7. The molecule has 110 valence electrons. The number of aliphatic hydroxyl groups excluding tert-OH is 1. The van der Waals surface area contributed by atoms with Gasteiger partial charge in [-0.2, -0.15) is 0 Å². The highest BCUT2D eigenvalue weighted by Crippen LogP contribution is 2.24. The first kappa shape index (κ1) is 14.1. The Morgan fingerprint density at radius 2 is 1.95 bits per heavy atom. The Labute approximate surface area is 125 Å². The van der Waals surface area contributed by atoms with E-state index < -0.39 is 0 Å². The van der Waals surface area contributed by atoms with Crippen LogP contribution in [-0.2, 0) is 11.2 Å². The summed E-state index contributed by atoms with van der Waals surface area (Å²) in [5.41, 5.74) is 1.07. The van der Waals surface area contributed by atoms with E-state index in [9.17, 15) is 9.90 Å². The van der Waals surface area contributed by atoms with E-state index >= 15 is 0 Å². The molecular weight excluding hydrogens is 262 g/mol. The van der Waals surface area contributed by atoms with Crippen molar-refractivity contribution in [2.24, 2.45) is 5.92 Å². The third-order valence-electron chi connectivity index (χ3n) is 4.33.